The first kappa shape index (κ1) is 13.4. The molecule has 3 heteroatoms. The highest BCUT2D eigenvalue weighted by molar-refractivity contribution is 7.84. The van der Waals surface area contributed by atoms with Crippen molar-refractivity contribution >= 4 is 10.8 Å². The normalized spacial score (nSPS) is 14.7. The van der Waals surface area contributed by atoms with Crippen LogP contribution in [0.2, 0.25) is 0 Å². The summed E-state index contributed by atoms with van der Waals surface area (Å²) in [5, 5.41) is 3.39. The third kappa shape index (κ3) is 4.06. The van der Waals surface area contributed by atoms with Gasteiger partial charge in [-0.25, -0.2) is 0 Å². The van der Waals surface area contributed by atoms with Gasteiger partial charge in [0.05, 0.1) is 0 Å². The molecule has 1 rings (SSSR count). The molecule has 0 radical (unpaired) electrons. The van der Waals surface area contributed by atoms with Gasteiger partial charge in [-0.2, -0.15) is 0 Å². The topological polar surface area (TPSA) is 29.1 Å². The van der Waals surface area contributed by atoms with E-state index in [2.05, 4.69) is 43.4 Å². The minimum absolute atomic E-state index is 0.214. The highest BCUT2D eigenvalue weighted by atomic mass is 32.2. The summed E-state index contributed by atoms with van der Waals surface area (Å²) in [5.74, 6) is 1.43. The maximum Gasteiger partial charge on any atom is 0.0436 e. The summed E-state index contributed by atoms with van der Waals surface area (Å²) in [6, 6.07) is 8.67. The molecule has 0 aliphatic rings. The van der Waals surface area contributed by atoms with Crippen LogP contribution in [0, 0.1) is 6.92 Å². The van der Waals surface area contributed by atoms with Crippen molar-refractivity contribution in [1.29, 1.82) is 0 Å². The smallest absolute Gasteiger partial charge is 0.0436 e. The number of hydrogen-bond donors (Lipinski definition) is 1. The van der Waals surface area contributed by atoms with Crippen LogP contribution in [0.4, 0.5) is 0 Å². The van der Waals surface area contributed by atoms with Crippen molar-refractivity contribution in [3.63, 3.8) is 0 Å². The van der Waals surface area contributed by atoms with Gasteiger partial charge in [-0.15, -0.1) is 0 Å². The molecule has 0 aliphatic heterocycles. The summed E-state index contributed by atoms with van der Waals surface area (Å²) in [7, 11) is -0.727. The Labute approximate surface area is 101 Å². The summed E-state index contributed by atoms with van der Waals surface area (Å²) < 4.78 is 11.6. The van der Waals surface area contributed by atoms with Crippen molar-refractivity contribution in [3.8, 4) is 0 Å². The summed E-state index contributed by atoms with van der Waals surface area (Å²) in [5.41, 5.74) is 2.49. The zero-order valence-corrected chi connectivity index (χ0v) is 11.1. The number of rotatable bonds is 6. The van der Waals surface area contributed by atoms with E-state index in [0.29, 0.717) is 5.75 Å². The molecule has 0 aliphatic carbocycles. The molecule has 1 aromatic carbocycles. The monoisotopic (exact) mass is 239 g/mol. The Morgan fingerprint density at radius 3 is 2.38 bits per heavy atom. The highest BCUT2D eigenvalue weighted by Gasteiger charge is 2.12. The second-order valence-electron chi connectivity index (χ2n) is 3.92. The van der Waals surface area contributed by atoms with Gasteiger partial charge < -0.3 is 5.32 Å². The fourth-order valence-corrected chi connectivity index (χ4v) is 2.54. The highest BCUT2D eigenvalue weighted by Crippen LogP contribution is 2.15. The SMILES string of the molecule is CCNC(CS(=O)CC)c1ccc(C)cc1. The van der Waals surface area contributed by atoms with E-state index in [9.17, 15) is 4.21 Å². The van der Waals surface area contributed by atoms with Gasteiger partial charge in [-0.05, 0) is 19.0 Å². The molecule has 0 amide bonds. The Kier molecular flexibility index (Phi) is 5.71. The second-order valence-corrected chi connectivity index (χ2v) is 5.71. The molecule has 0 spiro atoms. The quantitative estimate of drug-likeness (QED) is 0.826. The summed E-state index contributed by atoms with van der Waals surface area (Å²) in [4.78, 5) is 0. The lowest BCUT2D eigenvalue weighted by Gasteiger charge is -2.17. The van der Waals surface area contributed by atoms with Crippen LogP contribution in [-0.2, 0) is 10.8 Å². The average Bonchev–Trinajstić information content (AvgIpc) is 2.29. The molecule has 0 fully saturated rings. The number of nitrogens with one attached hydrogen (secondary N) is 1. The summed E-state index contributed by atoms with van der Waals surface area (Å²) in [6.45, 7) is 7.03. The maximum absolute atomic E-state index is 11.6. The number of hydrogen-bond acceptors (Lipinski definition) is 2. The molecule has 90 valence electrons. The third-order valence-corrected chi connectivity index (χ3v) is 3.95. The van der Waals surface area contributed by atoms with Gasteiger partial charge in [0.15, 0.2) is 0 Å². The Bertz CT molecular complexity index is 334. The zero-order valence-electron chi connectivity index (χ0n) is 10.3. The molecular formula is C13H21NOS. The lowest BCUT2D eigenvalue weighted by Crippen LogP contribution is -2.26. The lowest BCUT2D eigenvalue weighted by atomic mass is 10.1. The van der Waals surface area contributed by atoms with E-state index in [1.807, 2.05) is 6.92 Å². The molecule has 2 nitrogen and oxygen atoms in total. The molecule has 1 N–H and O–H groups in total. The van der Waals surface area contributed by atoms with Gasteiger partial charge in [0.25, 0.3) is 0 Å². The largest absolute Gasteiger partial charge is 0.309 e. The second kappa shape index (κ2) is 6.81. The van der Waals surface area contributed by atoms with E-state index in [4.69, 9.17) is 0 Å². The Morgan fingerprint density at radius 2 is 1.88 bits per heavy atom. The molecule has 0 heterocycles. The lowest BCUT2D eigenvalue weighted by molar-refractivity contribution is 0.594. The average molecular weight is 239 g/mol. The Morgan fingerprint density at radius 1 is 1.25 bits per heavy atom. The molecule has 0 saturated heterocycles. The van der Waals surface area contributed by atoms with Crippen LogP contribution in [0.15, 0.2) is 24.3 Å². The number of aryl methyl sites for hydroxylation is 1. The van der Waals surface area contributed by atoms with Crippen molar-refractivity contribution < 1.29 is 4.21 Å². The van der Waals surface area contributed by atoms with E-state index in [0.717, 1.165) is 12.3 Å². The molecule has 0 saturated carbocycles. The first-order valence-corrected chi connectivity index (χ1v) is 7.31. The summed E-state index contributed by atoms with van der Waals surface area (Å²) >= 11 is 0. The van der Waals surface area contributed by atoms with Crippen molar-refractivity contribution in [2.75, 3.05) is 18.1 Å². The van der Waals surface area contributed by atoms with Crippen LogP contribution >= 0.6 is 0 Å². The van der Waals surface area contributed by atoms with Crippen molar-refractivity contribution in [2.45, 2.75) is 26.8 Å². The van der Waals surface area contributed by atoms with Crippen LogP contribution < -0.4 is 5.32 Å². The minimum atomic E-state index is -0.727. The molecular weight excluding hydrogens is 218 g/mol. The predicted octanol–water partition coefficient (Wildman–Crippen LogP) is 2.41. The van der Waals surface area contributed by atoms with E-state index in [-0.39, 0.29) is 6.04 Å². The van der Waals surface area contributed by atoms with E-state index >= 15 is 0 Å². The van der Waals surface area contributed by atoms with Crippen molar-refractivity contribution in [3.05, 3.63) is 35.4 Å². The Balaban J connectivity index is 2.76. The zero-order chi connectivity index (χ0) is 12.0. The summed E-state index contributed by atoms with van der Waals surface area (Å²) in [6.07, 6.45) is 0. The number of benzene rings is 1. The first-order valence-electron chi connectivity index (χ1n) is 5.82. The van der Waals surface area contributed by atoms with Crippen LogP contribution in [-0.4, -0.2) is 22.3 Å². The fraction of sp³-hybridized carbons (Fsp3) is 0.538. The van der Waals surface area contributed by atoms with E-state index in [1.54, 1.807) is 0 Å². The molecule has 1 aromatic rings. The van der Waals surface area contributed by atoms with Crippen LogP contribution in [0.5, 0.6) is 0 Å². The molecule has 2 unspecified atom stereocenters. The fourth-order valence-electron chi connectivity index (χ4n) is 1.62. The standard InChI is InChI=1S/C13H21NOS/c1-4-14-13(10-16(15)5-2)12-8-6-11(3)7-9-12/h6-9,13-14H,4-5,10H2,1-3H3. The van der Waals surface area contributed by atoms with Gasteiger partial charge in [0.2, 0.25) is 0 Å². The Hall–Kier alpha value is -0.670. The van der Waals surface area contributed by atoms with Crippen LogP contribution in [0.3, 0.4) is 0 Å². The van der Waals surface area contributed by atoms with E-state index in [1.165, 1.54) is 11.1 Å². The van der Waals surface area contributed by atoms with Gasteiger partial charge in [-0.1, -0.05) is 43.7 Å². The van der Waals surface area contributed by atoms with E-state index < -0.39 is 10.8 Å². The first-order chi connectivity index (χ1) is 7.67. The molecule has 2 atom stereocenters. The van der Waals surface area contributed by atoms with Gasteiger partial charge in [-0.3, -0.25) is 4.21 Å². The van der Waals surface area contributed by atoms with Crippen LogP contribution in [0.1, 0.15) is 31.0 Å². The van der Waals surface area contributed by atoms with Crippen molar-refractivity contribution in [1.82, 2.24) is 5.32 Å². The minimum Gasteiger partial charge on any atom is -0.309 e. The third-order valence-electron chi connectivity index (χ3n) is 2.60. The van der Waals surface area contributed by atoms with Gasteiger partial charge in [0.1, 0.15) is 0 Å². The van der Waals surface area contributed by atoms with Gasteiger partial charge >= 0.3 is 0 Å². The van der Waals surface area contributed by atoms with Crippen molar-refractivity contribution in [2.24, 2.45) is 0 Å². The van der Waals surface area contributed by atoms with Crippen LogP contribution in [0.25, 0.3) is 0 Å². The molecule has 16 heavy (non-hydrogen) atoms. The molecule has 0 aromatic heterocycles. The molecule has 0 bridgehead atoms. The predicted molar refractivity (Wildman–Crippen MR) is 71.1 cm³/mol. The maximum atomic E-state index is 11.6. The van der Waals surface area contributed by atoms with Gasteiger partial charge in [0, 0.05) is 28.3 Å².